The van der Waals surface area contributed by atoms with Crippen LogP contribution in [-0.4, -0.2) is 55.5 Å². The monoisotopic (exact) mass is 411 g/mol. The van der Waals surface area contributed by atoms with Crippen LogP contribution >= 0.6 is 0 Å². The number of carbonyl (C=O) groups excluding carboxylic acids is 3. The van der Waals surface area contributed by atoms with E-state index in [1.807, 2.05) is 32.0 Å². The maximum atomic E-state index is 12.5. The molecule has 1 aliphatic heterocycles. The van der Waals surface area contributed by atoms with Crippen LogP contribution < -0.4 is 19.7 Å². The summed E-state index contributed by atoms with van der Waals surface area (Å²) in [6.45, 7) is 4.56. The molecule has 0 fully saturated rings. The van der Waals surface area contributed by atoms with Gasteiger partial charge in [-0.25, -0.2) is 0 Å². The fourth-order valence-corrected chi connectivity index (χ4v) is 3.13. The molecule has 2 aromatic carbocycles. The Bertz CT molecular complexity index is 912. The first kappa shape index (κ1) is 21.2. The summed E-state index contributed by atoms with van der Waals surface area (Å²) in [5, 5.41) is 2.74. The first-order valence-electron chi connectivity index (χ1n) is 9.84. The number of benzene rings is 2. The third-order valence-electron chi connectivity index (χ3n) is 4.71. The molecule has 2 aromatic rings. The third-order valence-corrected chi connectivity index (χ3v) is 4.71. The van der Waals surface area contributed by atoms with E-state index in [9.17, 15) is 14.4 Å². The highest BCUT2D eigenvalue weighted by atomic mass is 16.5. The van der Waals surface area contributed by atoms with E-state index in [-0.39, 0.29) is 37.5 Å². The number of para-hydroxylation sites is 1. The highest BCUT2D eigenvalue weighted by Crippen LogP contribution is 2.34. The summed E-state index contributed by atoms with van der Waals surface area (Å²) in [4.78, 5) is 40.2. The SMILES string of the molecule is CCN(CC)C(=O)CN1C(=O)COc2ccc(NC(=O)COc3ccccc3)cc21. The van der Waals surface area contributed by atoms with Crippen molar-refractivity contribution in [2.75, 3.05) is 43.1 Å². The molecular formula is C22H25N3O5. The smallest absolute Gasteiger partial charge is 0.265 e. The predicted octanol–water partition coefficient (Wildman–Crippen LogP) is 2.30. The second-order valence-electron chi connectivity index (χ2n) is 6.67. The Balaban J connectivity index is 1.70. The minimum atomic E-state index is -0.340. The molecule has 1 aliphatic rings. The normalized spacial score (nSPS) is 12.6. The molecule has 0 atom stereocenters. The number of hydrogen-bond acceptors (Lipinski definition) is 5. The van der Waals surface area contributed by atoms with E-state index in [4.69, 9.17) is 9.47 Å². The van der Waals surface area contributed by atoms with Gasteiger partial charge in [0, 0.05) is 18.8 Å². The molecule has 158 valence electrons. The quantitative estimate of drug-likeness (QED) is 0.720. The molecular weight excluding hydrogens is 386 g/mol. The minimum Gasteiger partial charge on any atom is -0.484 e. The first-order chi connectivity index (χ1) is 14.5. The van der Waals surface area contributed by atoms with Crippen LogP contribution in [0.15, 0.2) is 48.5 Å². The second kappa shape index (κ2) is 9.78. The van der Waals surface area contributed by atoms with Crippen LogP contribution in [0.25, 0.3) is 0 Å². The van der Waals surface area contributed by atoms with Crippen molar-refractivity contribution in [3.05, 3.63) is 48.5 Å². The summed E-state index contributed by atoms with van der Waals surface area (Å²) >= 11 is 0. The standard InChI is InChI=1S/C22H25N3O5/c1-3-24(4-2)21(27)13-25-18-12-16(10-11-19(18)30-15-22(25)28)23-20(26)14-29-17-8-6-5-7-9-17/h5-12H,3-4,13-15H2,1-2H3,(H,23,26). The number of likely N-dealkylation sites (N-methyl/N-ethyl adjacent to an activating group) is 1. The number of carbonyl (C=O) groups is 3. The average Bonchev–Trinajstić information content (AvgIpc) is 2.76. The highest BCUT2D eigenvalue weighted by molar-refractivity contribution is 6.03. The molecule has 0 saturated heterocycles. The van der Waals surface area contributed by atoms with Gasteiger partial charge in [0.15, 0.2) is 13.2 Å². The number of hydrogen-bond donors (Lipinski definition) is 1. The van der Waals surface area contributed by atoms with E-state index >= 15 is 0 Å². The topological polar surface area (TPSA) is 88.2 Å². The Kier molecular flexibility index (Phi) is 6.90. The van der Waals surface area contributed by atoms with Gasteiger partial charge in [-0.05, 0) is 44.2 Å². The Labute approximate surface area is 175 Å². The zero-order chi connectivity index (χ0) is 21.5. The fraction of sp³-hybridized carbons (Fsp3) is 0.318. The summed E-state index contributed by atoms with van der Waals surface area (Å²) in [7, 11) is 0. The predicted molar refractivity (Wildman–Crippen MR) is 113 cm³/mol. The molecule has 3 rings (SSSR count). The lowest BCUT2D eigenvalue weighted by Gasteiger charge is -2.31. The van der Waals surface area contributed by atoms with Gasteiger partial charge in [0.1, 0.15) is 18.0 Å². The first-order valence-corrected chi connectivity index (χ1v) is 9.84. The van der Waals surface area contributed by atoms with Gasteiger partial charge in [-0.15, -0.1) is 0 Å². The zero-order valence-electron chi connectivity index (χ0n) is 17.1. The van der Waals surface area contributed by atoms with Crippen molar-refractivity contribution < 1.29 is 23.9 Å². The van der Waals surface area contributed by atoms with Crippen LogP contribution in [0.3, 0.4) is 0 Å². The summed E-state index contributed by atoms with van der Waals surface area (Å²) in [6.07, 6.45) is 0. The number of nitrogens with zero attached hydrogens (tertiary/aromatic N) is 2. The third kappa shape index (κ3) is 5.08. The van der Waals surface area contributed by atoms with E-state index in [2.05, 4.69) is 5.32 Å². The largest absolute Gasteiger partial charge is 0.484 e. The summed E-state index contributed by atoms with van der Waals surface area (Å²) in [6, 6.07) is 14.0. The Morgan fingerprint density at radius 2 is 1.87 bits per heavy atom. The van der Waals surface area contributed by atoms with Crippen molar-refractivity contribution in [2.24, 2.45) is 0 Å². The minimum absolute atomic E-state index is 0.0780. The van der Waals surface area contributed by atoms with Gasteiger partial charge in [0.05, 0.1) is 5.69 Å². The molecule has 8 nitrogen and oxygen atoms in total. The lowest BCUT2D eigenvalue weighted by atomic mass is 10.2. The second-order valence-corrected chi connectivity index (χ2v) is 6.67. The molecule has 0 unspecified atom stereocenters. The molecule has 0 aliphatic carbocycles. The van der Waals surface area contributed by atoms with Crippen LogP contribution in [0.1, 0.15) is 13.8 Å². The molecule has 1 N–H and O–H groups in total. The number of rotatable bonds is 8. The number of fused-ring (bicyclic) bond motifs is 1. The molecule has 0 radical (unpaired) electrons. The van der Waals surface area contributed by atoms with Crippen molar-refractivity contribution in [3.63, 3.8) is 0 Å². The molecule has 0 bridgehead atoms. The van der Waals surface area contributed by atoms with Gasteiger partial charge in [-0.2, -0.15) is 0 Å². The van der Waals surface area contributed by atoms with Crippen LogP contribution in [0.2, 0.25) is 0 Å². The van der Waals surface area contributed by atoms with E-state index in [0.717, 1.165) is 0 Å². The number of anilines is 2. The van der Waals surface area contributed by atoms with Crippen molar-refractivity contribution in [3.8, 4) is 11.5 Å². The maximum absolute atomic E-state index is 12.5. The van der Waals surface area contributed by atoms with Crippen molar-refractivity contribution in [1.82, 2.24) is 4.90 Å². The number of amides is 3. The lowest BCUT2D eigenvalue weighted by molar-refractivity contribution is -0.131. The molecule has 30 heavy (non-hydrogen) atoms. The van der Waals surface area contributed by atoms with E-state index in [1.165, 1.54) is 4.90 Å². The Morgan fingerprint density at radius 3 is 2.57 bits per heavy atom. The molecule has 0 saturated carbocycles. The van der Waals surface area contributed by atoms with Gasteiger partial charge in [-0.3, -0.25) is 19.3 Å². The van der Waals surface area contributed by atoms with Crippen LogP contribution in [0.5, 0.6) is 11.5 Å². The van der Waals surface area contributed by atoms with E-state index in [0.29, 0.717) is 36.0 Å². The molecule has 8 heteroatoms. The van der Waals surface area contributed by atoms with Gasteiger partial charge in [-0.1, -0.05) is 18.2 Å². The number of ether oxygens (including phenoxy) is 2. The van der Waals surface area contributed by atoms with Crippen molar-refractivity contribution in [1.29, 1.82) is 0 Å². The van der Waals surface area contributed by atoms with Gasteiger partial charge >= 0.3 is 0 Å². The average molecular weight is 411 g/mol. The summed E-state index contributed by atoms with van der Waals surface area (Å²) in [5.41, 5.74) is 0.933. The van der Waals surface area contributed by atoms with Crippen LogP contribution in [-0.2, 0) is 14.4 Å². The molecule has 0 aromatic heterocycles. The van der Waals surface area contributed by atoms with Gasteiger partial charge < -0.3 is 19.7 Å². The molecule has 3 amide bonds. The maximum Gasteiger partial charge on any atom is 0.265 e. The van der Waals surface area contributed by atoms with Gasteiger partial charge in [0.25, 0.3) is 11.8 Å². The van der Waals surface area contributed by atoms with Crippen LogP contribution in [0.4, 0.5) is 11.4 Å². The molecule has 0 spiro atoms. The van der Waals surface area contributed by atoms with Crippen LogP contribution in [0, 0.1) is 0 Å². The molecule has 1 heterocycles. The highest BCUT2D eigenvalue weighted by Gasteiger charge is 2.29. The Hall–Kier alpha value is -3.55. The Morgan fingerprint density at radius 1 is 1.13 bits per heavy atom. The number of nitrogens with one attached hydrogen (secondary N) is 1. The van der Waals surface area contributed by atoms with Crippen molar-refractivity contribution in [2.45, 2.75) is 13.8 Å². The fourth-order valence-electron chi connectivity index (χ4n) is 3.13. The van der Waals surface area contributed by atoms with Gasteiger partial charge in [0.2, 0.25) is 5.91 Å². The van der Waals surface area contributed by atoms with E-state index in [1.54, 1.807) is 35.2 Å². The van der Waals surface area contributed by atoms with Crippen molar-refractivity contribution >= 4 is 29.1 Å². The lowest BCUT2D eigenvalue weighted by Crippen LogP contribution is -2.46. The summed E-state index contributed by atoms with van der Waals surface area (Å²) in [5.74, 6) is 0.289. The van der Waals surface area contributed by atoms with E-state index < -0.39 is 0 Å². The summed E-state index contributed by atoms with van der Waals surface area (Å²) < 4.78 is 10.9. The zero-order valence-corrected chi connectivity index (χ0v) is 17.1.